The Balaban J connectivity index is 1.62. The summed E-state index contributed by atoms with van der Waals surface area (Å²) in [4.78, 5) is 24.8. The van der Waals surface area contributed by atoms with Crippen molar-refractivity contribution in [1.29, 1.82) is 0 Å². The number of pyridine rings is 1. The number of hydrogen-bond donors (Lipinski definition) is 0. The molecule has 2 aromatic heterocycles. The van der Waals surface area contributed by atoms with Gasteiger partial charge in [-0.15, -0.1) is 0 Å². The molecule has 134 valence electrons. The van der Waals surface area contributed by atoms with Crippen LogP contribution in [0.15, 0.2) is 30.7 Å². The van der Waals surface area contributed by atoms with Gasteiger partial charge < -0.3 is 19.1 Å². The van der Waals surface area contributed by atoms with E-state index in [1.165, 1.54) is 0 Å². The monoisotopic (exact) mass is 343 g/mol. The molecule has 0 aliphatic carbocycles. The fourth-order valence-electron chi connectivity index (χ4n) is 3.13. The molecule has 0 aromatic carbocycles. The van der Waals surface area contributed by atoms with Gasteiger partial charge in [0.15, 0.2) is 0 Å². The highest BCUT2D eigenvalue weighted by Gasteiger charge is 2.30. The van der Waals surface area contributed by atoms with Gasteiger partial charge in [0.05, 0.1) is 37.7 Å². The average Bonchev–Trinajstić information content (AvgIpc) is 2.99. The summed E-state index contributed by atoms with van der Waals surface area (Å²) < 4.78 is 7.98. The number of nitrogens with zero attached hydrogens (tertiary/aromatic N) is 5. The van der Waals surface area contributed by atoms with Crippen molar-refractivity contribution in [2.75, 3.05) is 27.2 Å². The molecule has 0 N–H and O–H groups in total. The Morgan fingerprint density at radius 2 is 2.16 bits per heavy atom. The van der Waals surface area contributed by atoms with E-state index in [0.29, 0.717) is 26.3 Å². The predicted octanol–water partition coefficient (Wildman–Crippen LogP) is 1.46. The van der Waals surface area contributed by atoms with Crippen LogP contribution in [0.1, 0.15) is 30.0 Å². The topological polar surface area (TPSA) is 63.5 Å². The smallest absolute Gasteiger partial charge is 0.237 e. The molecule has 2 aromatic rings. The van der Waals surface area contributed by atoms with Crippen molar-refractivity contribution >= 4 is 5.91 Å². The predicted molar refractivity (Wildman–Crippen MR) is 93.6 cm³/mol. The van der Waals surface area contributed by atoms with Gasteiger partial charge in [-0.1, -0.05) is 6.07 Å². The van der Waals surface area contributed by atoms with Crippen LogP contribution in [-0.2, 0) is 29.3 Å². The maximum Gasteiger partial charge on any atom is 0.237 e. The van der Waals surface area contributed by atoms with Crippen LogP contribution >= 0.6 is 0 Å². The van der Waals surface area contributed by atoms with E-state index in [1.54, 1.807) is 6.20 Å². The molecule has 1 aliphatic rings. The summed E-state index contributed by atoms with van der Waals surface area (Å²) in [6, 6.07) is 3.88. The number of aromatic nitrogens is 3. The minimum Gasteiger partial charge on any atom is -0.370 e. The summed E-state index contributed by atoms with van der Waals surface area (Å²) in [5.41, 5.74) is 2.10. The highest BCUT2D eigenvalue weighted by Crippen LogP contribution is 2.25. The minimum absolute atomic E-state index is 0.0201. The van der Waals surface area contributed by atoms with Crippen molar-refractivity contribution in [2.45, 2.75) is 32.7 Å². The van der Waals surface area contributed by atoms with E-state index in [2.05, 4.69) is 14.5 Å². The molecule has 1 atom stereocenters. The molecular weight excluding hydrogens is 318 g/mol. The van der Waals surface area contributed by atoms with Gasteiger partial charge in [-0.25, -0.2) is 4.98 Å². The van der Waals surface area contributed by atoms with Gasteiger partial charge in [-0.3, -0.25) is 9.78 Å². The molecule has 3 heterocycles. The van der Waals surface area contributed by atoms with Crippen LogP contribution in [-0.4, -0.2) is 57.4 Å². The lowest BCUT2D eigenvalue weighted by Crippen LogP contribution is -2.45. The lowest BCUT2D eigenvalue weighted by atomic mass is 10.2. The molecule has 0 fully saturated rings. The Bertz CT molecular complexity index is 714. The Hall–Kier alpha value is -2.25. The van der Waals surface area contributed by atoms with Gasteiger partial charge in [-0.2, -0.15) is 0 Å². The van der Waals surface area contributed by atoms with Crippen LogP contribution in [0.2, 0.25) is 0 Å². The molecule has 1 aliphatic heterocycles. The van der Waals surface area contributed by atoms with Crippen LogP contribution in [0.25, 0.3) is 0 Å². The number of carbonyl (C=O) groups is 1. The first-order valence-corrected chi connectivity index (χ1v) is 8.51. The lowest BCUT2D eigenvalue weighted by Gasteiger charge is -2.35. The number of hydrogen-bond acceptors (Lipinski definition) is 5. The molecule has 0 spiro atoms. The molecule has 7 heteroatoms. The zero-order chi connectivity index (χ0) is 17.8. The normalized spacial score (nSPS) is 17.0. The first-order chi connectivity index (χ1) is 12.1. The Morgan fingerprint density at radius 3 is 2.88 bits per heavy atom. The molecule has 1 amide bonds. The van der Waals surface area contributed by atoms with Crippen LogP contribution in [0.5, 0.6) is 0 Å². The highest BCUT2D eigenvalue weighted by atomic mass is 16.5. The van der Waals surface area contributed by atoms with Crippen molar-refractivity contribution in [1.82, 2.24) is 24.3 Å². The number of amides is 1. The molecule has 0 saturated carbocycles. The Morgan fingerprint density at radius 1 is 1.32 bits per heavy atom. The van der Waals surface area contributed by atoms with Crippen molar-refractivity contribution in [3.8, 4) is 0 Å². The first kappa shape index (κ1) is 17.6. The van der Waals surface area contributed by atoms with E-state index in [1.807, 2.05) is 55.3 Å². The van der Waals surface area contributed by atoms with Crippen LogP contribution < -0.4 is 0 Å². The van der Waals surface area contributed by atoms with E-state index in [4.69, 9.17) is 4.74 Å². The summed E-state index contributed by atoms with van der Waals surface area (Å²) in [7, 11) is 3.82. The van der Waals surface area contributed by atoms with Gasteiger partial charge in [0.2, 0.25) is 5.91 Å². The molecule has 25 heavy (non-hydrogen) atoms. The second kappa shape index (κ2) is 7.76. The number of imidazole rings is 1. The zero-order valence-electron chi connectivity index (χ0n) is 15.1. The van der Waals surface area contributed by atoms with Gasteiger partial charge in [-0.05, 0) is 32.6 Å². The summed E-state index contributed by atoms with van der Waals surface area (Å²) in [6.45, 7) is 4.94. The number of likely N-dealkylation sites (N-methyl/N-ethyl adjacent to an activating group) is 1. The zero-order valence-corrected chi connectivity index (χ0v) is 15.1. The standard InChI is InChI=1S/C18H25N5O2/c1-14-18-20-10-16(13-25-12-15-5-4-6-19-9-15)23(18)8-7-22(14)17(24)11-21(2)3/h4-6,9-10,14H,7-8,11-13H2,1-3H3/t14-/m1/s1. The van der Waals surface area contributed by atoms with E-state index in [9.17, 15) is 4.79 Å². The Labute approximate surface area is 148 Å². The summed E-state index contributed by atoms with van der Waals surface area (Å²) in [5.74, 6) is 1.07. The second-order valence-electron chi connectivity index (χ2n) is 6.61. The van der Waals surface area contributed by atoms with Crippen molar-refractivity contribution in [3.05, 3.63) is 47.8 Å². The minimum atomic E-state index is -0.0201. The fraction of sp³-hybridized carbons (Fsp3) is 0.500. The van der Waals surface area contributed by atoms with E-state index < -0.39 is 0 Å². The number of fused-ring (bicyclic) bond motifs is 1. The third-order valence-corrected chi connectivity index (χ3v) is 4.39. The number of ether oxygens (including phenoxy) is 1. The van der Waals surface area contributed by atoms with Crippen molar-refractivity contribution < 1.29 is 9.53 Å². The van der Waals surface area contributed by atoms with E-state index in [-0.39, 0.29) is 11.9 Å². The molecule has 0 saturated heterocycles. The van der Waals surface area contributed by atoms with Gasteiger partial charge in [0.1, 0.15) is 5.82 Å². The van der Waals surface area contributed by atoms with Crippen LogP contribution in [0.4, 0.5) is 0 Å². The summed E-state index contributed by atoms with van der Waals surface area (Å²) >= 11 is 0. The SMILES string of the molecule is C[C@@H]1c2ncc(COCc3cccnc3)n2CCN1C(=O)CN(C)C. The van der Waals surface area contributed by atoms with Gasteiger partial charge in [0, 0.05) is 25.5 Å². The van der Waals surface area contributed by atoms with E-state index >= 15 is 0 Å². The third-order valence-electron chi connectivity index (χ3n) is 4.39. The van der Waals surface area contributed by atoms with Gasteiger partial charge >= 0.3 is 0 Å². The summed E-state index contributed by atoms with van der Waals surface area (Å²) in [6.07, 6.45) is 5.42. The van der Waals surface area contributed by atoms with Crippen LogP contribution in [0, 0.1) is 0 Å². The molecule has 0 radical (unpaired) electrons. The molecule has 3 rings (SSSR count). The molecular formula is C18H25N5O2. The first-order valence-electron chi connectivity index (χ1n) is 8.51. The average molecular weight is 343 g/mol. The fourth-order valence-corrected chi connectivity index (χ4v) is 3.13. The largest absolute Gasteiger partial charge is 0.370 e. The molecule has 0 bridgehead atoms. The summed E-state index contributed by atoms with van der Waals surface area (Å²) in [5, 5.41) is 0. The second-order valence-corrected chi connectivity index (χ2v) is 6.61. The van der Waals surface area contributed by atoms with Crippen LogP contribution in [0.3, 0.4) is 0 Å². The van der Waals surface area contributed by atoms with Crippen molar-refractivity contribution in [3.63, 3.8) is 0 Å². The maximum absolute atomic E-state index is 12.4. The molecule has 7 nitrogen and oxygen atoms in total. The van der Waals surface area contributed by atoms with E-state index in [0.717, 1.165) is 23.6 Å². The molecule has 0 unspecified atom stereocenters. The van der Waals surface area contributed by atoms with Crippen molar-refractivity contribution in [2.24, 2.45) is 0 Å². The Kier molecular flexibility index (Phi) is 5.45. The number of rotatable bonds is 6. The quantitative estimate of drug-likeness (QED) is 0.795. The maximum atomic E-state index is 12.4. The highest BCUT2D eigenvalue weighted by molar-refractivity contribution is 5.78. The van der Waals surface area contributed by atoms with Gasteiger partial charge in [0.25, 0.3) is 0 Å². The lowest BCUT2D eigenvalue weighted by molar-refractivity contribution is -0.135. The number of carbonyl (C=O) groups excluding carboxylic acids is 1. The third kappa shape index (κ3) is 4.05.